The lowest BCUT2D eigenvalue weighted by molar-refractivity contribution is -0.117. The zero-order valence-corrected chi connectivity index (χ0v) is 18.1. The van der Waals surface area contributed by atoms with Gasteiger partial charge in [-0.25, -0.2) is 0 Å². The van der Waals surface area contributed by atoms with Crippen LogP contribution in [-0.2, 0) is 16.0 Å². The number of methoxy groups -OCH3 is 1. The highest BCUT2D eigenvalue weighted by Gasteiger charge is 2.34. The van der Waals surface area contributed by atoms with Gasteiger partial charge in [0, 0.05) is 38.4 Å². The van der Waals surface area contributed by atoms with Gasteiger partial charge in [0.1, 0.15) is 5.75 Å². The molecule has 6 nitrogen and oxygen atoms in total. The van der Waals surface area contributed by atoms with E-state index in [0.29, 0.717) is 13.2 Å². The number of carbonyl (C=O) groups excluding carboxylic acids is 1. The van der Waals surface area contributed by atoms with Crippen LogP contribution >= 0.6 is 0 Å². The summed E-state index contributed by atoms with van der Waals surface area (Å²) < 4.78 is 11.6. The topological polar surface area (TPSA) is 54.0 Å². The number of nitrogens with one attached hydrogen (secondary N) is 1. The van der Waals surface area contributed by atoms with Gasteiger partial charge in [-0.15, -0.1) is 0 Å². The van der Waals surface area contributed by atoms with E-state index in [1.165, 1.54) is 22.9 Å². The molecule has 1 saturated heterocycles. The summed E-state index contributed by atoms with van der Waals surface area (Å²) in [5, 5.41) is 3.01. The molecule has 1 fully saturated rings. The van der Waals surface area contributed by atoms with Gasteiger partial charge >= 0.3 is 0 Å². The molecule has 1 N–H and O–H groups in total. The molecule has 2 aliphatic rings. The van der Waals surface area contributed by atoms with Gasteiger partial charge in [-0.2, -0.15) is 0 Å². The first-order valence-electron chi connectivity index (χ1n) is 10.9. The quantitative estimate of drug-likeness (QED) is 0.697. The molecule has 2 atom stereocenters. The molecule has 0 radical (unpaired) electrons. The summed E-state index contributed by atoms with van der Waals surface area (Å²) in [4.78, 5) is 16.8. The fourth-order valence-electron chi connectivity index (χ4n) is 4.55. The zero-order chi connectivity index (χ0) is 21.6. The maximum atomic E-state index is 11.9. The summed E-state index contributed by atoms with van der Waals surface area (Å²) in [5.74, 6) is 0.722. The number of benzene rings is 2. The van der Waals surface area contributed by atoms with Gasteiger partial charge in [-0.05, 0) is 47.9 Å². The monoisotopic (exact) mass is 421 g/mol. The molecule has 31 heavy (non-hydrogen) atoms. The number of rotatable bonds is 7. The van der Waals surface area contributed by atoms with Crippen LogP contribution in [0.4, 0.5) is 5.69 Å². The Morgan fingerprint density at radius 2 is 1.94 bits per heavy atom. The van der Waals surface area contributed by atoms with Crippen molar-refractivity contribution in [2.75, 3.05) is 51.3 Å². The molecular weight excluding hydrogens is 390 g/mol. The maximum Gasteiger partial charge on any atom is 0.243 e. The lowest BCUT2D eigenvalue weighted by Gasteiger charge is -2.44. The smallest absolute Gasteiger partial charge is 0.243 e. The summed E-state index contributed by atoms with van der Waals surface area (Å²) >= 11 is 0. The highest BCUT2D eigenvalue weighted by Crippen LogP contribution is 2.32. The SMILES string of the molecule is C=CC(=O)NCC(C1OCCc2ccccc21)N1CCN(c2ccc(OC)cc2)CC1. The van der Waals surface area contributed by atoms with Crippen molar-refractivity contribution in [2.24, 2.45) is 0 Å². The van der Waals surface area contributed by atoms with Gasteiger partial charge in [-0.1, -0.05) is 30.8 Å². The molecule has 4 rings (SSSR count). The van der Waals surface area contributed by atoms with Crippen molar-refractivity contribution in [3.63, 3.8) is 0 Å². The second kappa shape index (κ2) is 9.98. The van der Waals surface area contributed by atoms with E-state index in [0.717, 1.165) is 38.3 Å². The van der Waals surface area contributed by atoms with E-state index in [2.05, 4.69) is 58.1 Å². The van der Waals surface area contributed by atoms with E-state index in [1.54, 1.807) is 7.11 Å². The van der Waals surface area contributed by atoms with Crippen LogP contribution in [0.5, 0.6) is 5.75 Å². The average Bonchev–Trinajstić information content (AvgIpc) is 2.84. The number of amides is 1. The predicted molar refractivity (Wildman–Crippen MR) is 123 cm³/mol. The molecule has 164 valence electrons. The second-order valence-corrected chi connectivity index (χ2v) is 7.98. The minimum Gasteiger partial charge on any atom is -0.497 e. The Labute approximate surface area is 184 Å². The third-order valence-corrected chi connectivity index (χ3v) is 6.27. The van der Waals surface area contributed by atoms with Gasteiger partial charge in [0.05, 0.1) is 25.9 Å². The molecule has 0 bridgehead atoms. The van der Waals surface area contributed by atoms with Crippen molar-refractivity contribution in [3.05, 3.63) is 72.3 Å². The van der Waals surface area contributed by atoms with Crippen molar-refractivity contribution in [2.45, 2.75) is 18.6 Å². The average molecular weight is 422 g/mol. The number of fused-ring (bicyclic) bond motifs is 1. The van der Waals surface area contributed by atoms with Gasteiger partial charge in [0.25, 0.3) is 0 Å². The van der Waals surface area contributed by atoms with Crippen LogP contribution in [0.1, 0.15) is 17.2 Å². The van der Waals surface area contributed by atoms with Crippen molar-refractivity contribution in [1.82, 2.24) is 10.2 Å². The first-order valence-corrected chi connectivity index (χ1v) is 10.9. The van der Waals surface area contributed by atoms with Crippen LogP contribution in [0.3, 0.4) is 0 Å². The Bertz CT molecular complexity index is 891. The van der Waals surface area contributed by atoms with Crippen molar-refractivity contribution < 1.29 is 14.3 Å². The predicted octanol–water partition coefficient (Wildman–Crippen LogP) is 2.80. The zero-order valence-electron chi connectivity index (χ0n) is 18.1. The fraction of sp³-hybridized carbons (Fsp3) is 0.400. The van der Waals surface area contributed by atoms with E-state index in [9.17, 15) is 4.79 Å². The highest BCUT2D eigenvalue weighted by atomic mass is 16.5. The fourth-order valence-corrected chi connectivity index (χ4v) is 4.55. The van der Waals surface area contributed by atoms with Crippen molar-refractivity contribution >= 4 is 11.6 Å². The Morgan fingerprint density at radius 3 is 2.65 bits per heavy atom. The number of hydrogen-bond acceptors (Lipinski definition) is 5. The van der Waals surface area contributed by atoms with E-state index in [1.807, 2.05) is 12.1 Å². The van der Waals surface area contributed by atoms with Crippen LogP contribution in [0, 0.1) is 0 Å². The van der Waals surface area contributed by atoms with E-state index in [-0.39, 0.29) is 18.1 Å². The summed E-state index contributed by atoms with van der Waals surface area (Å²) in [6.45, 7) is 8.48. The summed E-state index contributed by atoms with van der Waals surface area (Å²) in [5.41, 5.74) is 3.79. The summed E-state index contributed by atoms with van der Waals surface area (Å²) in [7, 11) is 1.69. The lowest BCUT2D eigenvalue weighted by atomic mass is 9.92. The molecule has 6 heteroatoms. The number of hydrogen-bond donors (Lipinski definition) is 1. The van der Waals surface area contributed by atoms with Gasteiger partial charge in [0.2, 0.25) is 5.91 Å². The van der Waals surface area contributed by atoms with Crippen LogP contribution in [0.15, 0.2) is 61.2 Å². The normalized spacial score (nSPS) is 19.9. The largest absolute Gasteiger partial charge is 0.497 e. The Balaban J connectivity index is 1.49. The van der Waals surface area contributed by atoms with Crippen LogP contribution < -0.4 is 15.0 Å². The highest BCUT2D eigenvalue weighted by molar-refractivity contribution is 5.86. The molecule has 2 heterocycles. The number of carbonyl (C=O) groups is 1. The van der Waals surface area contributed by atoms with E-state index in [4.69, 9.17) is 9.47 Å². The van der Waals surface area contributed by atoms with Crippen molar-refractivity contribution in [3.8, 4) is 5.75 Å². The second-order valence-electron chi connectivity index (χ2n) is 7.98. The molecular formula is C25H31N3O3. The lowest BCUT2D eigenvalue weighted by Crippen LogP contribution is -2.56. The third kappa shape index (κ3) is 4.92. The molecule has 0 saturated carbocycles. The third-order valence-electron chi connectivity index (χ3n) is 6.27. The van der Waals surface area contributed by atoms with Gasteiger partial charge in [0.15, 0.2) is 0 Å². The number of anilines is 1. The first kappa shape index (κ1) is 21.4. The summed E-state index contributed by atoms with van der Waals surface area (Å²) in [6, 6.07) is 16.8. The molecule has 1 amide bonds. The van der Waals surface area contributed by atoms with Crippen LogP contribution in [0.25, 0.3) is 0 Å². The Kier molecular flexibility index (Phi) is 6.89. The van der Waals surface area contributed by atoms with Crippen molar-refractivity contribution in [1.29, 1.82) is 0 Å². The van der Waals surface area contributed by atoms with E-state index >= 15 is 0 Å². The molecule has 0 aromatic heterocycles. The Morgan fingerprint density at radius 1 is 1.19 bits per heavy atom. The number of ether oxygens (including phenoxy) is 2. The molecule has 0 aliphatic carbocycles. The molecule has 2 aliphatic heterocycles. The number of piperazine rings is 1. The van der Waals surface area contributed by atoms with Gasteiger partial charge < -0.3 is 19.7 Å². The standard InChI is InChI=1S/C25H31N3O3/c1-3-24(29)26-18-23(25-22-7-5-4-6-19(22)12-17-31-25)28-15-13-27(14-16-28)20-8-10-21(30-2)11-9-20/h3-11,23,25H,1,12-18H2,2H3,(H,26,29). The Hall–Kier alpha value is -2.83. The number of nitrogens with zero attached hydrogens (tertiary/aromatic N) is 2. The minimum absolute atomic E-state index is 0.0531. The first-order chi connectivity index (χ1) is 15.2. The maximum absolute atomic E-state index is 11.9. The minimum atomic E-state index is -0.147. The molecule has 2 aromatic carbocycles. The van der Waals surface area contributed by atoms with E-state index < -0.39 is 0 Å². The van der Waals surface area contributed by atoms with Crippen LogP contribution in [0.2, 0.25) is 0 Å². The van der Waals surface area contributed by atoms with Gasteiger partial charge in [-0.3, -0.25) is 9.69 Å². The van der Waals surface area contributed by atoms with Crippen LogP contribution in [-0.4, -0.2) is 63.3 Å². The molecule has 2 aromatic rings. The molecule has 2 unspecified atom stereocenters. The summed E-state index contributed by atoms with van der Waals surface area (Å²) in [6.07, 6.45) is 2.21. The molecule has 0 spiro atoms.